The van der Waals surface area contributed by atoms with E-state index in [1.807, 2.05) is 0 Å². The number of aromatic nitrogens is 3. The molecule has 0 spiro atoms. The number of carbonyl (C=O) groups is 2. The zero-order valence-corrected chi connectivity index (χ0v) is 15.8. The maximum absolute atomic E-state index is 13.8. The number of carbonyl (C=O) groups excluding carboxylic acids is 2. The molecule has 0 aliphatic heterocycles. The Morgan fingerprint density at radius 1 is 1.29 bits per heavy atom. The van der Waals surface area contributed by atoms with Crippen molar-refractivity contribution >= 4 is 11.9 Å². The van der Waals surface area contributed by atoms with Gasteiger partial charge in [-0.05, 0) is 51.0 Å². The lowest BCUT2D eigenvalue weighted by molar-refractivity contribution is -0.155. The van der Waals surface area contributed by atoms with Gasteiger partial charge in [-0.1, -0.05) is 5.21 Å². The minimum absolute atomic E-state index is 0.109. The molecule has 2 aromatic rings. The first-order valence-corrected chi connectivity index (χ1v) is 8.85. The van der Waals surface area contributed by atoms with E-state index in [0.29, 0.717) is 12.1 Å². The SMILES string of the molecule is CC(C)(C)OC(=O)Cn1cc(COC(=O)[C@@H]2C[C@@H]2c2cc(F)ccc2F)nn1. The van der Waals surface area contributed by atoms with Crippen molar-refractivity contribution in [3.8, 4) is 0 Å². The first-order chi connectivity index (χ1) is 13.1. The minimum Gasteiger partial charge on any atom is -0.459 e. The van der Waals surface area contributed by atoms with Crippen molar-refractivity contribution in [1.82, 2.24) is 15.0 Å². The molecule has 0 saturated heterocycles. The number of halogens is 2. The van der Waals surface area contributed by atoms with Crippen LogP contribution in [0, 0.1) is 17.6 Å². The molecular formula is C19H21F2N3O4. The Balaban J connectivity index is 1.49. The van der Waals surface area contributed by atoms with Crippen molar-refractivity contribution in [2.75, 3.05) is 0 Å². The molecule has 0 N–H and O–H groups in total. The van der Waals surface area contributed by atoms with Crippen molar-refractivity contribution in [2.45, 2.75) is 51.9 Å². The Morgan fingerprint density at radius 3 is 2.75 bits per heavy atom. The third kappa shape index (κ3) is 5.11. The first kappa shape index (κ1) is 19.9. The molecule has 1 heterocycles. The second-order valence-corrected chi connectivity index (χ2v) is 7.72. The van der Waals surface area contributed by atoms with E-state index in [1.165, 1.54) is 10.9 Å². The van der Waals surface area contributed by atoms with Gasteiger partial charge in [0.25, 0.3) is 0 Å². The fourth-order valence-corrected chi connectivity index (χ4v) is 2.84. The van der Waals surface area contributed by atoms with Crippen molar-refractivity contribution < 1.29 is 27.8 Å². The van der Waals surface area contributed by atoms with Crippen LogP contribution in [0.1, 0.15) is 44.4 Å². The molecule has 1 fully saturated rings. The van der Waals surface area contributed by atoms with Gasteiger partial charge in [0.2, 0.25) is 0 Å². The molecule has 0 bridgehead atoms. The molecule has 0 amide bonds. The summed E-state index contributed by atoms with van der Waals surface area (Å²) < 4.78 is 38.7. The van der Waals surface area contributed by atoms with Crippen LogP contribution in [0.15, 0.2) is 24.4 Å². The summed E-state index contributed by atoms with van der Waals surface area (Å²) in [5.74, 6) is -2.93. The normalized spacial score (nSPS) is 18.6. The molecule has 1 aliphatic rings. The van der Waals surface area contributed by atoms with Crippen LogP contribution >= 0.6 is 0 Å². The number of nitrogens with zero attached hydrogens (tertiary/aromatic N) is 3. The Morgan fingerprint density at radius 2 is 2.04 bits per heavy atom. The molecule has 3 rings (SSSR count). The third-order valence-electron chi connectivity index (χ3n) is 4.11. The van der Waals surface area contributed by atoms with Crippen molar-refractivity contribution in [3.05, 3.63) is 47.3 Å². The van der Waals surface area contributed by atoms with E-state index in [9.17, 15) is 18.4 Å². The fourth-order valence-electron chi connectivity index (χ4n) is 2.84. The average molecular weight is 393 g/mol. The highest BCUT2D eigenvalue weighted by Crippen LogP contribution is 2.49. The zero-order valence-electron chi connectivity index (χ0n) is 15.8. The number of esters is 2. The standard InChI is InChI=1S/C19H21F2N3O4/c1-19(2,3)28-17(25)9-24-8-12(22-23-24)10-27-18(26)15-7-13(15)14-6-11(20)4-5-16(14)21/h4-6,8,13,15H,7,9-10H2,1-3H3/t13-,15-/m1/s1. The van der Waals surface area contributed by atoms with Crippen LogP contribution in [0.2, 0.25) is 0 Å². The molecule has 7 nitrogen and oxygen atoms in total. The van der Waals surface area contributed by atoms with E-state index >= 15 is 0 Å². The van der Waals surface area contributed by atoms with Crippen molar-refractivity contribution in [2.24, 2.45) is 5.92 Å². The number of benzene rings is 1. The fraction of sp³-hybridized carbons (Fsp3) is 0.474. The highest BCUT2D eigenvalue weighted by molar-refractivity contribution is 5.77. The molecule has 2 atom stereocenters. The van der Waals surface area contributed by atoms with Crippen molar-refractivity contribution in [3.63, 3.8) is 0 Å². The predicted molar refractivity (Wildman–Crippen MR) is 92.9 cm³/mol. The Hall–Kier alpha value is -2.84. The smallest absolute Gasteiger partial charge is 0.328 e. The van der Waals surface area contributed by atoms with Crippen LogP contribution in [0.3, 0.4) is 0 Å². The number of ether oxygens (including phenoxy) is 2. The lowest BCUT2D eigenvalue weighted by Gasteiger charge is -2.19. The third-order valence-corrected chi connectivity index (χ3v) is 4.11. The van der Waals surface area contributed by atoms with Crippen LogP contribution in [0.25, 0.3) is 0 Å². The zero-order chi connectivity index (χ0) is 20.5. The van der Waals surface area contributed by atoms with Gasteiger partial charge < -0.3 is 9.47 Å². The van der Waals surface area contributed by atoms with Crippen LogP contribution in [-0.4, -0.2) is 32.5 Å². The van der Waals surface area contributed by atoms with E-state index in [0.717, 1.165) is 18.2 Å². The quantitative estimate of drug-likeness (QED) is 0.702. The molecule has 28 heavy (non-hydrogen) atoms. The molecule has 1 aromatic carbocycles. The Labute approximate surface area is 160 Å². The molecule has 0 radical (unpaired) electrons. The van der Waals surface area contributed by atoms with E-state index in [-0.39, 0.29) is 24.6 Å². The largest absolute Gasteiger partial charge is 0.459 e. The molecular weight excluding hydrogens is 372 g/mol. The maximum Gasteiger partial charge on any atom is 0.328 e. The van der Waals surface area contributed by atoms with Crippen LogP contribution < -0.4 is 0 Å². The topological polar surface area (TPSA) is 83.3 Å². The second-order valence-electron chi connectivity index (χ2n) is 7.72. The van der Waals surface area contributed by atoms with E-state index in [4.69, 9.17) is 9.47 Å². The van der Waals surface area contributed by atoms with Gasteiger partial charge in [0.15, 0.2) is 0 Å². The Kier molecular flexibility index (Phi) is 5.44. The molecule has 9 heteroatoms. The lowest BCUT2D eigenvalue weighted by atomic mass is 10.1. The van der Waals surface area contributed by atoms with Gasteiger partial charge in [0.1, 0.15) is 36.1 Å². The summed E-state index contributed by atoms with van der Waals surface area (Å²) in [5, 5.41) is 7.63. The average Bonchev–Trinajstić information content (AvgIpc) is 3.26. The summed E-state index contributed by atoms with van der Waals surface area (Å²) in [6.07, 6.45) is 1.89. The summed E-state index contributed by atoms with van der Waals surface area (Å²) in [4.78, 5) is 23.9. The number of rotatable bonds is 6. The highest BCUT2D eigenvalue weighted by atomic mass is 19.1. The molecule has 1 aliphatic carbocycles. The van der Waals surface area contributed by atoms with Crippen molar-refractivity contribution in [1.29, 1.82) is 0 Å². The van der Waals surface area contributed by atoms with E-state index in [1.54, 1.807) is 20.8 Å². The van der Waals surface area contributed by atoms with Gasteiger partial charge in [0.05, 0.1) is 12.1 Å². The predicted octanol–water partition coefficient (Wildman–Crippen LogP) is 2.74. The number of hydrogen-bond donors (Lipinski definition) is 0. The van der Waals surface area contributed by atoms with Gasteiger partial charge >= 0.3 is 11.9 Å². The lowest BCUT2D eigenvalue weighted by Crippen LogP contribution is -2.26. The summed E-state index contributed by atoms with van der Waals surface area (Å²) in [6.45, 7) is 5.05. The second kappa shape index (κ2) is 7.65. The monoisotopic (exact) mass is 393 g/mol. The van der Waals surface area contributed by atoms with Gasteiger partial charge in [-0.25, -0.2) is 13.5 Å². The van der Waals surface area contributed by atoms with E-state index < -0.39 is 35.1 Å². The van der Waals surface area contributed by atoms with Crippen LogP contribution in [-0.2, 0) is 32.2 Å². The van der Waals surface area contributed by atoms with Gasteiger partial charge in [0, 0.05) is 5.92 Å². The summed E-state index contributed by atoms with van der Waals surface area (Å²) in [7, 11) is 0. The first-order valence-electron chi connectivity index (χ1n) is 8.85. The maximum atomic E-state index is 13.8. The Bertz CT molecular complexity index is 892. The van der Waals surface area contributed by atoms with E-state index in [2.05, 4.69) is 10.3 Å². The molecule has 150 valence electrons. The highest BCUT2D eigenvalue weighted by Gasteiger charge is 2.46. The minimum atomic E-state index is -0.599. The van der Waals surface area contributed by atoms with Crippen LogP contribution in [0.5, 0.6) is 0 Å². The molecule has 1 aromatic heterocycles. The van der Waals surface area contributed by atoms with Crippen LogP contribution in [0.4, 0.5) is 8.78 Å². The molecule has 0 unspecified atom stereocenters. The van der Waals surface area contributed by atoms with Gasteiger partial charge in [-0.3, -0.25) is 9.59 Å². The van der Waals surface area contributed by atoms with Gasteiger partial charge in [-0.15, -0.1) is 5.10 Å². The van der Waals surface area contributed by atoms with Gasteiger partial charge in [-0.2, -0.15) is 0 Å². The summed E-state index contributed by atoms with van der Waals surface area (Å²) in [5.41, 5.74) is -0.0471. The summed E-state index contributed by atoms with van der Waals surface area (Å²) in [6, 6.07) is 3.19. The summed E-state index contributed by atoms with van der Waals surface area (Å²) >= 11 is 0. The number of hydrogen-bond acceptors (Lipinski definition) is 6. The molecule has 1 saturated carbocycles.